The molecule has 0 N–H and O–H groups in total. The Balaban J connectivity index is 1.72. The molecule has 0 aliphatic rings. The summed E-state index contributed by atoms with van der Waals surface area (Å²) in [5.41, 5.74) is 1.77. The van der Waals surface area contributed by atoms with Gasteiger partial charge in [-0.05, 0) is 35.9 Å². The lowest BCUT2D eigenvalue weighted by molar-refractivity contribution is -0.144. The van der Waals surface area contributed by atoms with Crippen LogP contribution in [0.15, 0.2) is 48.5 Å². The normalized spacial score (nSPS) is 10.4. The van der Waals surface area contributed by atoms with Gasteiger partial charge in [-0.3, -0.25) is 0 Å². The maximum Gasteiger partial charge on any atom is 0.329 e. The minimum atomic E-state index is -0.413. The third-order valence-electron chi connectivity index (χ3n) is 3.69. The average molecular weight is 368 g/mol. The van der Waals surface area contributed by atoms with Crippen LogP contribution in [0.1, 0.15) is 12.5 Å². The highest BCUT2D eigenvalue weighted by Crippen LogP contribution is 2.31. The van der Waals surface area contributed by atoms with Crippen LogP contribution in [-0.4, -0.2) is 39.9 Å². The molecule has 3 aromatic rings. The number of carbonyl (C=O) groups excluding carboxylic acids is 1. The topological polar surface area (TPSA) is 88.4 Å². The largest absolute Gasteiger partial charge is 0.493 e. The second-order valence-corrected chi connectivity index (χ2v) is 5.59. The zero-order chi connectivity index (χ0) is 19.1. The van der Waals surface area contributed by atoms with Crippen LogP contribution in [0.4, 0.5) is 0 Å². The monoisotopic (exact) mass is 368 g/mol. The SMILES string of the molecule is CCOC(=O)Cn1nnc(-c2ccc(OCc3ccccc3)c(OC)c2)n1. The summed E-state index contributed by atoms with van der Waals surface area (Å²) in [6.07, 6.45) is 0. The van der Waals surface area contributed by atoms with Crippen molar-refractivity contribution in [3.05, 3.63) is 54.1 Å². The molecule has 1 aromatic heterocycles. The first-order chi connectivity index (χ1) is 13.2. The number of ether oxygens (including phenoxy) is 3. The van der Waals surface area contributed by atoms with E-state index in [9.17, 15) is 4.79 Å². The fraction of sp³-hybridized carbons (Fsp3) is 0.263. The number of aromatic nitrogens is 4. The minimum absolute atomic E-state index is 0.0871. The van der Waals surface area contributed by atoms with Gasteiger partial charge in [-0.25, -0.2) is 4.79 Å². The summed E-state index contributed by atoms with van der Waals surface area (Å²) in [6.45, 7) is 2.40. The van der Waals surface area contributed by atoms with E-state index in [1.807, 2.05) is 36.4 Å². The van der Waals surface area contributed by atoms with Gasteiger partial charge in [0, 0.05) is 5.56 Å². The Labute approximate surface area is 156 Å². The van der Waals surface area contributed by atoms with Crippen LogP contribution < -0.4 is 9.47 Å². The molecule has 0 fully saturated rings. The van der Waals surface area contributed by atoms with Gasteiger partial charge < -0.3 is 14.2 Å². The van der Waals surface area contributed by atoms with Crippen LogP contribution >= 0.6 is 0 Å². The smallest absolute Gasteiger partial charge is 0.329 e. The van der Waals surface area contributed by atoms with Crippen molar-refractivity contribution < 1.29 is 19.0 Å². The Morgan fingerprint density at radius 1 is 1.11 bits per heavy atom. The molecule has 0 saturated carbocycles. The summed E-state index contributed by atoms with van der Waals surface area (Å²) in [5, 5.41) is 12.0. The molecule has 27 heavy (non-hydrogen) atoms. The van der Waals surface area contributed by atoms with Gasteiger partial charge in [0.25, 0.3) is 0 Å². The number of rotatable bonds is 8. The number of esters is 1. The Bertz CT molecular complexity index is 896. The lowest BCUT2D eigenvalue weighted by Crippen LogP contribution is -2.15. The van der Waals surface area contributed by atoms with E-state index in [2.05, 4.69) is 15.4 Å². The van der Waals surface area contributed by atoms with Crippen LogP contribution in [0.5, 0.6) is 11.5 Å². The van der Waals surface area contributed by atoms with Crippen molar-refractivity contribution in [2.45, 2.75) is 20.1 Å². The van der Waals surface area contributed by atoms with Crippen molar-refractivity contribution in [3.63, 3.8) is 0 Å². The zero-order valence-electron chi connectivity index (χ0n) is 15.2. The van der Waals surface area contributed by atoms with E-state index >= 15 is 0 Å². The molecular weight excluding hydrogens is 348 g/mol. The van der Waals surface area contributed by atoms with Crippen LogP contribution in [0.2, 0.25) is 0 Å². The Hall–Kier alpha value is -3.42. The molecular formula is C19H20N4O4. The number of tetrazole rings is 1. The van der Waals surface area contributed by atoms with Crippen molar-refractivity contribution in [1.82, 2.24) is 20.2 Å². The molecule has 8 nitrogen and oxygen atoms in total. The van der Waals surface area contributed by atoms with Gasteiger partial charge in [-0.2, -0.15) is 4.80 Å². The lowest BCUT2D eigenvalue weighted by atomic mass is 10.2. The number of benzene rings is 2. The number of nitrogens with zero attached hydrogens (tertiary/aromatic N) is 4. The highest BCUT2D eigenvalue weighted by molar-refractivity contribution is 5.69. The molecule has 0 radical (unpaired) electrons. The standard InChI is InChI=1S/C19H20N4O4/c1-3-26-18(24)12-23-21-19(20-22-23)15-9-10-16(17(11-15)25-2)27-13-14-7-5-4-6-8-14/h4-11H,3,12-13H2,1-2H3. The number of carbonyl (C=O) groups is 1. The molecule has 140 valence electrons. The predicted molar refractivity (Wildman–Crippen MR) is 97.2 cm³/mol. The molecule has 0 spiro atoms. The molecule has 3 rings (SSSR count). The molecule has 0 atom stereocenters. The third kappa shape index (κ3) is 4.81. The van der Waals surface area contributed by atoms with Crippen LogP contribution in [0.25, 0.3) is 11.4 Å². The number of hydrogen-bond donors (Lipinski definition) is 0. The van der Waals surface area contributed by atoms with E-state index < -0.39 is 5.97 Å². The maximum atomic E-state index is 11.5. The van der Waals surface area contributed by atoms with Crippen LogP contribution in [0, 0.1) is 0 Å². The fourth-order valence-electron chi connectivity index (χ4n) is 2.41. The molecule has 0 amide bonds. The van der Waals surface area contributed by atoms with Crippen molar-refractivity contribution in [1.29, 1.82) is 0 Å². The van der Waals surface area contributed by atoms with E-state index in [0.29, 0.717) is 36.1 Å². The Morgan fingerprint density at radius 2 is 1.93 bits per heavy atom. The van der Waals surface area contributed by atoms with Gasteiger partial charge in [-0.1, -0.05) is 30.3 Å². The van der Waals surface area contributed by atoms with E-state index in [0.717, 1.165) is 5.56 Å². The minimum Gasteiger partial charge on any atom is -0.493 e. The van der Waals surface area contributed by atoms with Gasteiger partial charge in [-0.15, -0.1) is 10.2 Å². The predicted octanol–water partition coefficient (Wildman–Crippen LogP) is 2.49. The summed E-state index contributed by atoms with van der Waals surface area (Å²) in [4.78, 5) is 12.7. The van der Waals surface area contributed by atoms with Gasteiger partial charge in [0.1, 0.15) is 6.61 Å². The van der Waals surface area contributed by atoms with Crippen molar-refractivity contribution in [2.75, 3.05) is 13.7 Å². The van der Waals surface area contributed by atoms with Gasteiger partial charge in [0.15, 0.2) is 18.0 Å². The Morgan fingerprint density at radius 3 is 2.67 bits per heavy atom. The van der Waals surface area contributed by atoms with E-state index in [-0.39, 0.29) is 6.54 Å². The van der Waals surface area contributed by atoms with E-state index in [1.54, 1.807) is 26.2 Å². The third-order valence-corrected chi connectivity index (χ3v) is 3.69. The van der Waals surface area contributed by atoms with Crippen molar-refractivity contribution in [3.8, 4) is 22.9 Å². The van der Waals surface area contributed by atoms with Gasteiger partial charge in [0.2, 0.25) is 5.82 Å². The molecule has 1 heterocycles. The summed E-state index contributed by atoms with van der Waals surface area (Å²) in [5.74, 6) is 1.14. The summed E-state index contributed by atoms with van der Waals surface area (Å²) >= 11 is 0. The number of hydrogen-bond acceptors (Lipinski definition) is 7. The zero-order valence-corrected chi connectivity index (χ0v) is 15.2. The molecule has 0 bridgehead atoms. The molecule has 2 aromatic carbocycles. The van der Waals surface area contributed by atoms with Crippen LogP contribution in [0.3, 0.4) is 0 Å². The molecule has 0 aliphatic heterocycles. The fourth-order valence-corrected chi connectivity index (χ4v) is 2.41. The van der Waals surface area contributed by atoms with Gasteiger partial charge >= 0.3 is 5.97 Å². The number of methoxy groups -OCH3 is 1. The summed E-state index contributed by atoms with van der Waals surface area (Å²) < 4.78 is 16.1. The first-order valence-electron chi connectivity index (χ1n) is 8.48. The van der Waals surface area contributed by atoms with Crippen molar-refractivity contribution >= 4 is 5.97 Å². The summed E-state index contributed by atoms with van der Waals surface area (Å²) in [6, 6.07) is 15.2. The first kappa shape index (κ1) is 18.4. The Kier molecular flexibility index (Phi) is 5.98. The second kappa shape index (κ2) is 8.79. The lowest BCUT2D eigenvalue weighted by Gasteiger charge is -2.11. The highest BCUT2D eigenvalue weighted by Gasteiger charge is 2.13. The first-order valence-corrected chi connectivity index (χ1v) is 8.48. The van der Waals surface area contributed by atoms with Crippen molar-refractivity contribution in [2.24, 2.45) is 0 Å². The van der Waals surface area contributed by atoms with E-state index in [4.69, 9.17) is 14.2 Å². The molecule has 0 unspecified atom stereocenters. The van der Waals surface area contributed by atoms with Gasteiger partial charge in [0.05, 0.1) is 13.7 Å². The summed E-state index contributed by atoms with van der Waals surface area (Å²) in [7, 11) is 1.57. The van der Waals surface area contributed by atoms with Crippen LogP contribution in [-0.2, 0) is 22.7 Å². The second-order valence-electron chi connectivity index (χ2n) is 5.59. The highest BCUT2D eigenvalue weighted by atomic mass is 16.5. The maximum absolute atomic E-state index is 11.5. The molecule has 0 saturated heterocycles. The quantitative estimate of drug-likeness (QED) is 0.564. The molecule has 8 heteroatoms. The van der Waals surface area contributed by atoms with E-state index in [1.165, 1.54) is 4.80 Å². The molecule has 0 aliphatic carbocycles. The average Bonchev–Trinajstić information content (AvgIpc) is 3.15.